The lowest BCUT2D eigenvalue weighted by molar-refractivity contribution is -0.141. The molecule has 0 radical (unpaired) electrons. The number of ether oxygens (including phenoxy) is 2. The normalized spacial score (nSPS) is 16.0. The number of aliphatic carboxylic acids is 1. The first-order valence-corrected chi connectivity index (χ1v) is 8.58. The minimum Gasteiger partial charge on any atom is -0.489 e. The second-order valence-electron chi connectivity index (χ2n) is 7.31. The van der Waals surface area contributed by atoms with E-state index in [1.165, 1.54) is 5.56 Å². The number of hydrogen-bond donors (Lipinski definition) is 1. The van der Waals surface area contributed by atoms with Gasteiger partial charge in [0.1, 0.15) is 23.7 Å². The summed E-state index contributed by atoms with van der Waals surface area (Å²) in [5.41, 5.74) is 3.20. The van der Waals surface area contributed by atoms with Crippen molar-refractivity contribution in [2.75, 3.05) is 0 Å². The molecule has 0 aromatic heterocycles. The van der Waals surface area contributed by atoms with Crippen LogP contribution in [-0.2, 0) is 24.2 Å². The summed E-state index contributed by atoms with van der Waals surface area (Å²) < 4.78 is 11.9. The Morgan fingerprint density at radius 1 is 1.24 bits per heavy atom. The van der Waals surface area contributed by atoms with E-state index in [0.29, 0.717) is 13.0 Å². The van der Waals surface area contributed by atoms with Gasteiger partial charge in [0.25, 0.3) is 0 Å². The monoisotopic (exact) mass is 340 g/mol. The predicted molar refractivity (Wildman–Crippen MR) is 96.1 cm³/mol. The number of carboxylic acid groups (broad SMARTS) is 1. The molecule has 132 valence electrons. The van der Waals surface area contributed by atoms with Crippen LogP contribution in [0.1, 0.15) is 37.5 Å². The maximum atomic E-state index is 10.9. The molecule has 0 amide bonds. The van der Waals surface area contributed by atoms with Crippen LogP contribution in [0.2, 0.25) is 0 Å². The molecule has 3 rings (SSSR count). The molecule has 0 fully saturated rings. The molecule has 2 aromatic rings. The van der Waals surface area contributed by atoms with Crippen molar-refractivity contribution in [3.63, 3.8) is 0 Å². The molecule has 1 aliphatic heterocycles. The summed E-state index contributed by atoms with van der Waals surface area (Å²) in [6.45, 7) is 6.39. The number of carbonyl (C=O) groups is 1. The lowest BCUT2D eigenvalue weighted by Crippen LogP contribution is -2.24. The summed E-state index contributed by atoms with van der Waals surface area (Å²) >= 11 is 0. The van der Waals surface area contributed by atoms with Crippen LogP contribution in [-0.4, -0.2) is 16.7 Å². The van der Waals surface area contributed by atoms with Gasteiger partial charge in [-0.25, -0.2) is 0 Å². The molecular formula is C21H24O4. The van der Waals surface area contributed by atoms with Gasteiger partial charge in [0.05, 0.1) is 5.92 Å². The molecule has 1 heterocycles. The van der Waals surface area contributed by atoms with Crippen LogP contribution in [0.3, 0.4) is 0 Å². The van der Waals surface area contributed by atoms with Gasteiger partial charge >= 0.3 is 5.97 Å². The molecule has 4 nitrogen and oxygen atoms in total. The first-order chi connectivity index (χ1) is 11.8. The highest BCUT2D eigenvalue weighted by Crippen LogP contribution is 2.37. The summed E-state index contributed by atoms with van der Waals surface area (Å²) in [5.74, 6) is 0.567. The Morgan fingerprint density at radius 2 is 1.96 bits per heavy atom. The predicted octanol–water partition coefficient (Wildman–Crippen LogP) is 4.24. The highest BCUT2D eigenvalue weighted by atomic mass is 16.5. The van der Waals surface area contributed by atoms with Gasteiger partial charge < -0.3 is 14.6 Å². The first-order valence-electron chi connectivity index (χ1n) is 8.58. The van der Waals surface area contributed by atoms with Gasteiger partial charge in [0.2, 0.25) is 0 Å². The molecule has 1 N–H and O–H groups in total. The van der Waals surface area contributed by atoms with E-state index >= 15 is 0 Å². The summed E-state index contributed by atoms with van der Waals surface area (Å²) in [6.07, 6.45) is 1.40. The van der Waals surface area contributed by atoms with Crippen LogP contribution < -0.4 is 9.47 Å². The Kier molecular flexibility index (Phi) is 4.71. The molecule has 0 bridgehead atoms. The van der Waals surface area contributed by atoms with E-state index in [-0.39, 0.29) is 11.5 Å². The van der Waals surface area contributed by atoms with Crippen molar-refractivity contribution in [3.8, 4) is 11.5 Å². The second-order valence-corrected chi connectivity index (χ2v) is 7.31. The molecule has 0 saturated heterocycles. The van der Waals surface area contributed by atoms with E-state index < -0.39 is 5.97 Å². The zero-order valence-corrected chi connectivity index (χ0v) is 14.9. The fourth-order valence-corrected chi connectivity index (χ4v) is 3.13. The maximum Gasteiger partial charge on any atom is 0.306 e. The van der Waals surface area contributed by atoms with Gasteiger partial charge in [0.15, 0.2) is 0 Å². The molecular weight excluding hydrogens is 316 g/mol. The van der Waals surface area contributed by atoms with Crippen LogP contribution in [0.25, 0.3) is 0 Å². The smallest absolute Gasteiger partial charge is 0.306 e. The van der Waals surface area contributed by atoms with E-state index in [0.717, 1.165) is 29.0 Å². The lowest BCUT2D eigenvalue weighted by atomic mass is 9.98. The largest absolute Gasteiger partial charge is 0.489 e. The SMILES string of the molecule is CC(Cc1ccc(OCc2cccc3c2CC(C)(C)O3)cc1)C(=O)O. The van der Waals surface area contributed by atoms with Crippen LogP contribution >= 0.6 is 0 Å². The van der Waals surface area contributed by atoms with Crippen molar-refractivity contribution in [3.05, 3.63) is 59.2 Å². The molecule has 1 atom stereocenters. The van der Waals surface area contributed by atoms with Crippen molar-refractivity contribution >= 4 is 5.97 Å². The Morgan fingerprint density at radius 3 is 2.64 bits per heavy atom. The highest BCUT2D eigenvalue weighted by Gasteiger charge is 2.31. The Labute approximate surface area is 148 Å². The minimum atomic E-state index is -0.775. The topological polar surface area (TPSA) is 55.8 Å². The van der Waals surface area contributed by atoms with Crippen LogP contribution in [0.15, 0.2) is 42.5 Å². The Bertz CT molecular complexity index is 762. The number of carboxylic acids is 1. The first kappa shape index (κ1) is 17.3. The fraction of sp³-hybridized carbons (Fsp3) is 0.381. The average Bonchev–Trinajstić information content (AvgIpc) is 2.88. The van der Waals surface area contributed by atoms with E-state index in [9.17, 15) is 4.79 Å². The zero-order chi connectivity index (χ0) is 18.0. The van der Waals surface area contributed by atoms with Crippen molar-refractivity contribution < 1.29 is 19.4 Å². The van der Waals surface area contributed by atoms with Crippen molar-refractivity contribution in [2.45, 2.75) is 45.8 Å². The molecule has 0 spiro atoms. The summed E-state index contributed by atoms with van der Waals surface area (Å²) in [5, 5.41) is 8.99. The molecule has 0 aliphatic carbocycles. The van der Waals surface area contributed by atoms with Gasteiger partial charge in [-0.1, -0.05) is 31.2 Å². The second kappa shape index (κ2) is 6.79. The van der Waals surface area contributed by atoms with Gasteiger partial charge in [-0.15, -0.1) is 0 Å². The standard InChI is InChI=1S/C21H24O4/c1-14(20(22)23)11-15-7-9-17(10-8-15)24-13-16-5-4-6-19-18(16)12-21(2,3)25-19/h4-10,14H,11-13H2,1-3H3,(H,22,23). The Hall–Kier alpha value is -2.49. The molecule has 1 aliphatic rings. The van der Waals surface area contributed by atoms with E-state index in [2.05, 4.69) is 19.9 Å². The van der Waals surface area contributed by atoms with Gasteiger partial charge in [0, 0.05) is 12.0 Å². The number of hydrogen-bond acceptors (Lipinski definition) is 3. The molecule has 0 saturated carbocycles. The highest BCUT2D eigenvalue weighted by molar-refractivity contribution is 5.69. The summed E-state index contributed by atoms with van der Waals surface area (Å²) in [6, 6.07) is 13.7. The van der Waals surface area contributed by atoms with Crippen LogP contribution in [0.5, 0.6) is 11.5 Å². The van der Waals surface area contributed by atoms with Gasteiger partial charge in [-0.3, -0.25) is 4.79 Å². The molecule has 25 heavy (non-hydrogen) atoms. The number of rotatable bonds is 6. The number of fused-ring (bicyclic) bond motifs is 1. The summed E-state index contributed by atoms with van der Waals surface area (Å²) in [7, 11) is 0. The van der Waals surface area contributed by atoms with Gasteiger partial charge in [-0.05, 0) is 49.6 Å². The fourth-order valence-electron chi connectivity index (χ4n) is 3.13. The summed E-state index contributed by atoms with van der Waals surface area (Å²) in [4.78, 5) is 10.9. The average molecular weight is 340 g/mol. The van der Waals surface area contributed by atoms with E-state index in [1.807, 2.05) is 36.4 Å². The molecule has 4 heteroatoms. The van der Waals surface area contributed by atoms with Crippen LogP contribution in [0, 0.1) is 5.92 Å². The third kappa shape index (κ3) is 4.13. The van der Waals surface area contributed by atoms with Crippen molar-refractivity contribution in [2.24, 2.45) is 5.92 Å². The van der Waals surface area contributed by atoms with Crippen LogP contribution in [0.4, 0.5) is 0 Å². The van der Waals surface area contributed by atoms with E-state index in [1.54, 1.807) is 6.92 Å². The van der Waals surface area contributed by atoms with E-state index in [4.69, 9.17) is 14.6 Å². The maximum absolute atomic E-state index is 10.9. The van der Waals surface area contributed by atoms with Gasteiger partial charge in [-0.2, -0.15) is 0 Å². The molecule has 2 aromatic carbocycles. The van der Waals surface area contributed by atoms with Crippen molar-refractivity contribution in [1.82, 2.24) is 0 Å². The minimum absolute atomic E-state index is 0.166. The Balaban J connectivity index is 1.64. The third-order valence-corrected chi connectivity index (χ3v) is 4.50. The lowest BCUT2D eigenvalue weighted by Gasteiger charge is -2.16. The van der Waals surface area contributed by atoms with Crippen molar-refractivity contribution in [1.29, 1.82) is 0 Å². The quantitative estimate of drug-likeness (QED) is 0.854. The molecule has 1 unspecified atom stereocenters. The number of benzene rings is 2. The third-order valence-electron chi connectivity index (χ3n) is 4.50. The zero-order valence-electron chi connectivity index (χ0n) is 14.9.